The van der Waals surface area contributed by atoms with E-state index in [2.05, 4.69) is 66.5 Å². The van der Waals surface area contributed by atoms with E-state index in [4.69, 9.17) is 4.74 Å². The molecule has 0 aromatic heterocycles. The van der Waals surface area contributed by atoms with Gasteiger partial charge < -0.3 is 4.74 Å². The van der Waals surface area contributed by atoms with Gasteiger partial charge >= 0.3 is 0 Å². The van der Waals surface area contributed by atoms with Crippen molar-refractivity contribution in [2.75, 3.05) is 7.05 Å². The average molecular weight is 353 g/mol. The lowest BCUT2D eigenvalue weighted by molar-refractivity contribution is 0.320. The monoisotopic (exact) mass is 353 g/mol. The van der Waals surface area contributed by atoms with Crippen molar-refractivity contribution in [2.24, 2.45) is 0 Å². The number of rotatable bonds is 6. The van der Waals surface area contributed by atoms with E-state index in [9.17, 15) is 0 Å². The summed E-state index contributed by atoms with van der Waals surface area (Å²) in [5, 5.41) is 2.63. The van der Waals surface area contributed by atoms with Gasteiger partial charge in [0.2, 0.25) is 0 Å². The third-order valence-electron chi connectivity index (χ3n) is 4.67. The molecule has 0 amide bonds. The molecule has 0 saturated heterocycles. The summed E-state index contributed by atoms with van der Waals surface area (Å²) in [5.41, 5.74) is 2.64. The van der Waals surface area contributed by atoms with Crippen molar-refractivity contribution in [3.63, 3.8) is 0 Å². The van der Waals surface area contributed by atoms with Gasteiger partial charge in [0, 0.05) is 13.1 Å². The quantitative estimate of drug-likeness (QED) is 0.405. The molecule has 2 heteroatoms. The van der Waals surface area contributed by atoms with Crippen LogP contribution in [0.4, 0.5) is 0 Å². The topological polar surface area (TPSA) is 12.5 Å². The molecule has 0 fully saturated rings. The number of benzene rings is 4. The van der Waals surface area contributed by atoms with Crippen LogP contribution in [0.15, 0.2) is 97.1 Å². The van der Waals surface area contributed by atoms with Crippen molar-refractivity contribution >= 4 is 10.8 Å². The Kier molecular flexibility index (Phi) is 5.17. The SMILES string of the molecule is CN(Cc1ccc(Oc2ccccc2)cc1)Cc1cccc2ccccc12. The number of fused-ring (bicyclic) bond motifs is 1. The predicted molar refractivity (Wildman–Crippen MR) is 112 cm³/mol. The second-order valence-corrected chi connectivity index (χ2v) is 6.87. The first kappa shape index (κ1) is 17.3. The van der Waals surface area contributed by atoms with E-state index in [1.807, 2.05) is 42.5 Å². The van der Waals surface area contributed by atoms with Crippen molar-refractivity contribution in [2.45, 2.75) is 13.1 Å². The lowest BCUT2D eigenvalue weighted by Crippen LogP contribution is -2.17. The first-order valence-electron chi connectivity index (χ1n) is 9.25. The standard InChI is InChI=1S/C25H23NO/c1-26(19-22-10-7-9-21-8-5-6-13-25(21)22)18-20-14-16-24(17-15-20)27-23-11-3-2-4-12-23/h2-17H,18-19H2,1H3. The highest BCUT2D eigenvalue weighted by Crippen LogP contribution is 2.23. The van der Waals surface area contributed by atoms with E-state index >= 15 is 0 Å². The van der Waals surface area contributed by atoms with E-state index in [1.165, 1.54) is 21.9 Å². The third kappa shape index (κ3) is 4.36. The minimum Gasteiger partial charge on any atom is -0.457 e. The summed E-state index contributed by atoms with van der Waals surface area (Å²) in [7, 11) is 2.16. The summed E-state index contributed by atoms with van der Waals surface area (Å²) in [4.78, 5) is 2.34. The largest absolute Gasteiger partial charge is 0.457 e. The third-order valence-corrected chi connectivity index (χ3v) is 4.67. The fourth-order valence-corrected chi connectivity index (χ4v) is 3.38. The molecule has 0 aliphatic heterocycles. The molecule has 134 valence electrons. The molecule has 0 atom stereocenters. The molecule has 0 spiro atoms. The summed E-state index contributed by atoms with van der Waals surface area (Å²) in [6.45, 7) is 1.82. The number of para-hydroxylation sites is 1. The Morgan fingerprint density at radius 1 is 0.630 bits per heavy atom. The Labute approximate surface area is 160 Å². The summed E-state index contributed by atoms with van der Waals surface area (Å²) < 4.78 is 5.87. The normalized spacial score (nSPS) is 11.0. The number of hydrogen-bond donors (Lipinski definition) is 0. The molecule has 4 aromatic carbocycles. The Hall–Kier alpha value is -3.10. The highest BCUT2D eigenvalue weighted by Gasteiger charge is 2.06. The molecule has 0 bridgehead atoms. The highest BCUT2D eigenvalue weighted by atomic mass is 16.5. The Morgan fingerprint density at radius 3 is 2.11 bits per heavy atom. The van der Waals surface area contributed by atoms with E-state index < -0.39 is 0 Å². The minimum absolute atomic E-state index is 0.860. The zero-order valence-electron chi connectivity index (χ0n) is 15.5. The second kappa shape index (κ2) is 8.07. The Bertz CT molecular complexity index is 1000. The first-order valence-corrected chi connectivity index (χ1v) is 9.25. The average Bonchev–Trinajstić information content (AvgIpc) is 2.71. The van der Waals surface area contributed by atoms with Gasteiger partial charge in [-0.15, -0.1) is 0 Å². The maximum absolute atomic E-state index is 5.87. The van der Waals surface area contributed by atoms with Gasteiger partial charge in [-0.3, -0.25) is 4.90 Å². The maximum atomic E-state index is 5.87. The van der Waals surface area contributed by atoms with Crippen LogP contribution in [0.3, 0.4) is 0 Å². The van der Waals surface area contributed by atoms with Gasteiger partial charge in [-0.25, -0.2) is 0 Å². The molecular weight excluding hydrogens is 330 g/mol. The molecule has 27 heavy (non-hydrogen) atoms. The summed E-state index contributed by atoms with van der Waals surface area (Å²) >= 11 is 0. The number of hydrogen-bond acceptors (Lipinski definition) is 2. The molecule has 0 N–H and O–H groups in total. The van der Waals surface area contributed by atoms with E-state index in [0.717, 1.165) is 24.6 Å². The van der Waals surface area contributed by atoms with Gasteiger partial charge in [-0.2, -0.15) is 0 Å². The van der Waals surface area contributed by atoms with Crippen molar-refractivity contribution in [1.82, 2.24) is 4.90 Å². The molecule has 4 rings (SSSR count). The minimum atomic E-state index is 0.860. The molecule has 0 unspecified atom stereocenters. The van der Waals surface area contributed by atoms with Crippen molar-refractivity contribution < 1.29 is 4.74 Å². The van der Waals surface area contributed by atoms with Crippen LogP contribution in [0.1, 0.15) is 11.1 Å². The van der Waals surface area contributed by atoms with Crippen LogP contribution in [-0.4, -0.2) is 11.9 Å². The van der Waals surface area contributed by atoms with Crippen LogP contribution in [0, 0.1) is 0 Å². The molecule has 0 radical (unpaired) electrons. The molecular formula is C25H23NO. The summed E-state index contributed by atoms with van der Waals surface area (Å²) in [5.74, 6) is 1.72. The molecule has 4 aromatic rings. The lowest BCUT2D eigenvalue weighted by atomic mass is 10.0. The molecule has 0 aliphatic carbocycles. The van der Waals surface area contributed by atoms with Crippen LogP contribution >= 0.6 is 0 Å². The Balaban J connectivity index is 1.41. The molecule has 0 saturated carbocycles. The second-order valence-electron chi connectivity index (χ2n) is 6.87. The van der Waals surface area contributed by atoms with Crippen LogP contribution in [-0.2, 0) is 13.1 Å². The smallest absolute Gasteiger partial charge is 0.127 e. The molecule has 2 nitrogen and oxygen atoms in total. The lowest BCUT2D eigenvalue weighted by Gasteiger charge is -2.18. The van der Waals surface area contributed by atoms with E-state index in [0.29, 0.717) is 0 Å². The van der Waals surface area contributed by atoms with Gasteiger partial charge in [-0.1, -0.05) is 72.8 Å². The summed E-state index contributed by atoms with van der Waals surface area (Å²) in [6, 6.07) is 33.3. The number of nitrogens with zero attached hydrogens (tertiary/aromatic N) is 1. The van der Waals surface area contributed by atoms with Gasteiger partial charge in [0.15, 0.2) is 0 Å². The molecule has 0 aliphatic rings. The zero-order valence-corrected chi connectivity index (χ0v) is 15.5. The Morgan fingerprint density at radius 2 is 1.30 bits per heavy atom. The maximum Gasteiger partial charge on any atom is 0.127 e. The van der Waals surface area contributed by atoms with Gasteiger partial charge in [0.25, 0.3) is 0 Å². The van der Waals surface area contributed by atoms with Crippen molar-refractivity contribution in [1.29, 1.82) is 0 Å². The van der Waals surface area contributed by atoms with Crippen LogP contribution < -0.4 is 4.74 Å². The summed E-state index contributed by atoms with van der Waals surface area (Å²) in [6.07, 6.45) is 0. The fraction of sp³-hybridized carbons (Fsp3) is 0.120. The predicted octanol–water partition coefficient (Wildman–Crippen LogP) is 6.26. The van der Waals surface area contributed by atoms with Gasteiger partial charge in [0.1, 0.15) is 11.5 Å². The van der Waals surface area contributed by atoms with E-state index in [-0.39, 0.29) is 0 Å². The van der Waals surface area contributed by atoms with Crippen molar-refractivity contribution in [3.05, 3.63) is 108 Å². The van der Waals surface area contributed by atoms with Gasteiger partial charge in [-0.05, 0) is 53.2 Å². The van der Waals surface area contributed by atoms with E-state index in [1.54, 1.807) is 0 Å². The first-order chi connectivity index (χ1) is 13.3. The highest BCUT2D eigenvalue weighted by molar-refractivity contribution is 5.85. The zero-order chi connectivity index (χ0) is 18.5. The van der Waals surface area contributed by atoms with Gasteiger partial charge in [0.05, 0.1) is 0 Å². The van der Waals surface area contributed by atoms with Crippen LogP contribution in [0.5, 0.6) is 11.5 Å². The van der Waals surface area contributed by atoms with Crippen LogP contribution in [0.2, 0.25) is 0 Å². The fourth-order valence-electron chi connectivity index (χ4n) is 3.38. The van der Waals surface area contributed by atoms with Crippen molar-refractivity contribution in [3.8, 4) is 11.5 Å². The van der Waals surface area contributed by atoms with Crippen LogP contribution in [0.25, 0.3) is 10.8 Å². The molecule has 0 heterocycles. The number of ether oxygens (including phenoxy) is 1.